The summed E-state index contributed by atoms with van der Waals surface area (Å²) in [6.45, 7) is 4.26. The highest BCUT2D eigenvalue weighted by molar-refractivity contribution is 5.72. The van der Waals surface area contributed by atoms with Crippen molar-refractivity contribution >= 4 is 11.4 Å². The molecule has 4 heteroatoms. The Labute approximate surface area is 115 Å². The Morgan fingerprint density at radius 1 is 1.26 bits per heavy atom. The van der Waals surface area contributed by atoms with Gasteiger partial charge in [0.25, 0.3) is 0 Å². The van der Waals surface area contributed by atoms with Crippen LogP contribution < -0.4 is 10.6 Å². The minimum atomic E-state index is 0.748. The van der Waals surface area contributed by atoms with Crippen molar-refractivity contribution in [3.05, 3.63) is 23.8 Å². The SMILES string of the molecule is COCCCOCCN1CCCc2cccc(N)c21. The molecule has 2 rings (SSSR count). The molecule has 0 radical (unpaired) electrons. The predicted molar refractivity (Wildman–Crippen MR) is 78.7 cm³/mol. The number of aryl methyl sites for hydroxylation is 1. The Balaban J connectivity index is 1.83. The van der Waals surface area contributed by atoms with Crippen LogP contribution in [0.1, 0.15) is 18.4 Å². The lowest BCUT2D eigenvalue weighted by atomic mass is 10.0. The molecule has 0 unspecified atom stereocenters. The lowest BCUT2D eigenvalue weighted by Gasteiger charge is -2.32. The summed E-state index contributed by atoms with van der Waals surface area (Å²) >= 11 is 0. The first-order chi connectivity index (χ1) is 9.33. The van der Waals surface area contributed by atoms with Crippen molar-refractivity contribution in [2.45, 2.75) is 19.3 Å². The molecule has 0 aromatic heterocycles. The summed E-state index contributed by atoms with van der Waals surface area (Å²) in [6, 6.07) is 6.20. The van der Waals surface area contributed by atoms with Crippen LogP contribution in [0.25, 0.3) is 0 Å². The van der Waals surface area contributed by atoms with Crippen LogP contribution in [-0.4, -0.2) is 40.0 Å². The smallest absolute Gasteiger partial charge is 0.0641 e. The number of methoxy groups -OCH3 is 1. The van der Waals surface area contributed by atoms with Gasteiger partial charge in [-0.25, -0.2) is 0 Å². The molecule has 1 aliphatic heterocycles. The third kappa shape index (κ3) is 3.85. The van der Waals surface area contributed by atoms with Crippen LogP contribution >= 0.6 is 0 Å². The Morgan fingerprint density at radius 3 is 3.00 bits per heavy atom. The Bertz CT molecular complexity index is 396. The average molecular weight is 264 g/mol. The molecule has 0 spiro atoms. The molecule has 0 saturated carbocycles. The highest BCUT2D eigenvalue weighted by atomic mass is 16.5. The summed E-state index contributed by atoms with van der Waals surface area (Å²) in [7, 11) is 1.72. The standard InChI is InChI=1S/C15H24N2O2/c1-18-10-4-11-19-12-9-17-8-3-6-13-5-2-7-14(16)15(13)17/h2,5,7H,3-4,6,8-12,16H2,1H3. The van der Waals surface area contributed by atoms with Crippen LogP contribution in [-0.2, 0) is 15.9 Å². The maximum atomic E-state index is 6.10. The van der Waals surface area contributed by atoms with E-state index in [0.717, 1.165) is 51.4 Å². The van der Waals surface area contributed by atoms with Gasteiger partial charge in [0, 0.05) is 33.4 Å². The van der Waals surface area contributed by atoms with Crippen molar-refractivity contribution in [2.75, 3.05) is 50.7 Å². The van der Waals surface area contributed by atoms with Gasteiger partial charge < -0.3 is 20.1 Å². The molecule has 0 bridgehead atoms. The summed E-state index contributed by atoms with van der Waals surface area (Å²) in [5.74, 6) is 0. The largest absolute Gasteiger partial charge is 0.397 e. The number of benzene rings is 1. The molecular weight excluding hydrogens is 240 g/mol. The van der Waals surface area contributed by atoms with Crippen LogP contribution in [0, 0.1) is 0 Å². The van der Waals surface area contributed by atoms with Gasteiger partial charge in [-0.2, -0.15) is 0 Å². The quantitative estimate of drug-likeness (QED) is 0.605. The molecule has 4 nitrogen and oxygen atoms in total. The van der Waals surface area contributed by atoms with Gasteiger partial charge >= 0.3 is 0 Å². The number of anilines is 2. The lowest BCUT2D eigenvalue weighted by molar-refractivity contribution is 0.107. The number of para-hydroxylation sites is 1. The van der Waals surface area contributed by atoms with Crippen molar-refractivity contribution in [3.8, 4) is 0 Å². The highest BCUT2D eigenvalue weighted by Gasteiger charge is 2.18. The first kappa shape index (κ1) is 14.2. The zero-order chi connectivity index (χ0) is 13.5. The number of fused-ring (bicyclic) bond motifs is 1. The fraction of sp³-hybridized carbons (Fsp3) is 0.600. The van der Waals surface area contributed by atoms with Gasteiger partial charge in [0.05, 0.1) is 18.0 Å². The van der Waals surface area contributed by atoms with Crippen LogP contribution in [0.4, 0.5) is 11.4 Å². The summed E-state index contributed by atoms with van der Waals surface area (Å²) in [5, 5.41) is 0. The third-order valence-electron chi connectivity index (χ3n) is 3.48. The van der Waals surface area contributed by atoms with Gasteiger partial charge in [-0.3, -0.25) is 0 Å². The molecule has 1 aromatic carbocycles. The summed E-state index contributed by atoms with van der Waals surface area (Å²) in [4.78, 5) is 2.35. The van der Waals surface area contributed by atoms with Crippen molar-refractivity contribution in [3.63, 3.8) is 0 Å². The minimum absolute atomic E-state index is 0.748. The predicted octanol–water partition coefficient (Wildman–Crippen LogP) is 2.07. The van der Waals surface area contributed by atoms with E-state index in [-0.39, 0.29) is 0 Å². The number of nitrogen functional groups attached to an aromatic ring is 1. The minimum Gasteiger partial charge on any atom is -0.397 e. The van der Waals surface area contributed by atoms with E-state index in [1.54, 1.807) is 7.11 Å². The van der Waals surface area contributed by atoms with Gasteiger partial charge in [-0.1, -0.05) is 12.1 Å². The number of rotatable bonds is 7. The second kappa shape index (κ2) is 7.36. The Morgan fingerprint density at radius 2 is 2.16 bits per heavy atom. The molecule has 106 valence electrons. The number of hydrogen-bond acceptors (Lipinski definition) is 4. The fourth-order valence-electron chi connectivity index (χ4n) is 2.58. The molecule has 1 heterocycles. The van der Waals surface area contributed by atoms with E-state index in [1.165, 1.54) is 17.7 Å². The van der Waals surface area contributed by atoms with Gasteiger partial charge in [0.15, 0.2) is 0 Å². The van der Waals surface area contributed by atoms with Crippen molar-refractivity contribution < 1.29 is 9.47 Å². The molecule has 2 N–H and O–H groups in total. The van der Waals surface area contributed by atoms with Crippen LogP contribution in [0.2, 0.25) is 0 Å². The number of hydrogen-bond donors (Lipinski definition) is 1. The number of ether oxygens (including phenoxy) is 2. The van der Waals surface area contributed by atoms with E-state index in [9.17, 15) is 0 Å². The highest BCUT2D eigenvalue weighted by Crippen LogP contribution is 2.32. The van der Waals surface area contributed by atoms with Crippen LogP contribution in [0.15, 0.2) is 18.2 Å². The molecule has 19 heavy (non-hydrogen) atoms. The average Bonchev–Trinajstić information content (AvgIpc) is 2.43. The van der Waals surface area contributed by atoms with Gasteiger partial charge in [-0.05, 0) is 30.9 Å². The molecule has 0 atom stereocenters. The molecule has 0 fully saturated rings. The molecule has 0 aliphatic carbocycles. The summed E-state index contributed by atoms with van der Waals surface area (Å²) in [6.07, 6.45) is 3.28. The van der Waals surface area contributed by atoms with Gasteiger partial charge in [0.1, 0.15) is 0 Å². The summed E-state index contributed by atoms with van der Waals surface area (Å²) < 4.78 is 10.6. The number of nitrogens with two attached hydrogens (primary N) is 1. The number of nitrogens with zero attached hydrogens (tertiary/aromatic N) is 1. The normalized spacial score (nSPS) is 14.5. The van der Waals surface area contributed by atoms with E-state index in [0.29, 0.717) is 0 Å². The lowest BCUT2D eigenvalue weighted by Crippen LogP contribution is -2.33. The van der Waals surface area contributed by atoms with Crippen LogP contribution in [0.3, 0.4) is 0 Å². The van der Waals surface area contributed by atoms with Crippen LogP contribution in [0.5, 0.6) is 0 Å². The fourth-order valence-corrected chi connectivity index (χ4v) is 2.58. The van der Waals surface area contributed by atoms with Crippen molar-refractivity contribution in [2.24, 2.45) is 0 Å². The first-order valence-corrected chi connectivity index (χ1v) is 7.02. The zero-order valence-electron chi connectivity index (χ0n) is 11.7. The first-order valence-electron chi connectivity index (χ1n) is 7.02. The van der Waals surface area contributed by atoms with Gasteiger partial charge in [-0.15, -0.1) is 0 Å². The molecule has 0 amide bonds. The van der Waals surface area contributed by atoms with E-state index in [4.69, 9.17) is 15.2 Å². The Kier molecular flexibility index (Phi) is 5.48. The van der Waals surface area contributed by atoms with Gasteiger partial charge in [0.2, 0.25) is 0 Å². The monoisotopic (exact) mass is 264 g/mol. The van der Waals surface area contributed by atoms with E-state index in [1.807, 2.05) is 12.1 Å². The zero-order valence-corrected chi connectivity index (χ0v) is 11.7. The van der Waals surface area contributed by atoms with E-state index in [2.05, 4.69) is 11.0 Å². The molecular formula is C15H24N2O2. The second-order valence-corrected chi connectivity index (χ2v) is 4.90. The van der Waals surface area contributed by atoms with E-state index < -0.39 is 0 Å². The maximum absolute atomic E-state index is 6.10. The molecule has 0 saturated heterocycles. The third-order valence-corrected chi connectivity index (χ3v) is 3.48. The Hall–Kier alpha value is -1.26. The topological polar surface area (TPSA) is 47.7 Å². The van der Waals surface area contributed by atoms with Crippen molar-refractivity contribution in [1.29, 1.82) is 0 Å². The molecule has 1 aliphatic rings. The molecule has 1 aromatic rings. The van der Waals surface area contributed by atoms with Crippen molar-refractivity contribution in [1.82, 2.24) is 0 Å². The van der Waals surface area contributed by atoms with E-state index >= 15 is 0 Å². The summed E-state index contributed by atoms with van der Waals surface area (Å²) in [5.41, 5.74) is 9.57. The second-order valence-electron chi connectivity index (χ2n) is 4.90. The maximum Gasteiger partial charge on any atom is 0.0641 e.